The van der Waals surface area contributed by atoms with Crippen molar-refractivity contribution in [3.05, 3.63) is 29.8 Å². The molecule has 0 aliphatic heterocycles. The van der Waals surface area contributed by atoms with Crippen molar-refractivity contribution >= 4 is 0 Å². The van der Waals surface area contributed by atoms with E-state index in [4.69, 9.17) is 9.47 Å². The van der Waals surface area contributed by atoms with Crippen LogP contribution in [0.3, 0.4) is 0 Å². The number of rotatable bonds is 8. The van der Waals surface area contributed by atoms with Crippen LogP contribution in [0.1, 0.15) is 32.4 Å². The van der Waals surface area contributed by atoms with Crippen molar-refractivity contribution in [2.24, 2.45) is 0 Å². The molecule has 0 spiro atoms. The maximum absolute atomic E-state index is 9.77. The van der Waals surface area contributed by atoms with Gasteiger partial charge in [-0.1, -0.05) is 12.1 Å². The summed E-state index contributed by atoms with van der Waals surface area (Å²) >= 11 is 0. The molecule has 4 heteroatoms. The largest absolute Gasteiger partial charge is 0.497 e. The number of ether oxygens (including phenoxy) is 2. The van der Waals surface area contributed by atoms with Crippen LogP contribution < -0.4 is 10.1 Å². The summed E-state index contributed by atoms with van der Waals surface area (Å²) < 4.78 is 10.5. The van der Waals surface area contributed by atoms with Crippen molar-refractivity contribution < 1.29 is 14.6 Å². The molecule has 0 saturated heterocycles. The van der Waals surface area contributed by atoms with Crippen LogP contribution in [-0.4, -0.2) is 37.6 Å². The van der Waals surface area contributed by atoms with Gasteiger partial charge in [-0.05, 0) is 38.5 Å². The number of benzene rings is 1. The van der Waals surface area contributed by atoms with E-state index in [0.717, 1.165) is 11.3 Å². The zero-order valence-corrected chi connectivity index (χ0v) is 12.2. The fraction of sp³-hybridized carbons (Fsp3) is 0.600. The monoisotopic (exact) mass is 267 g/mol. The van der Waals surface area contributed by atoms with Crippen LogP contribution in [0.2, 0.25) is 0 Å². The second kappa shape index (κ2) is 8.15. The maximum atomic E-state index is 9.77. The van der Waals surface area contributed by atoms with Gasteiger partial charge in [0.05, 0.1) is 25.9 Å². The highest BCUT2D eigenvalue weighted by Crippen LogP contribution is 2.17. The maximum Gasteiger partial charge on any atom is 0.118 e. The second-order valence-corrected chi connectivity index (χ2v) is 4.94. The van der Waals surface area contributed by atoms with Gasteiger partial charge in [0.15, 0.2) is 0 Å². The molecule has 0 saturated carbocycles. The zero-order valence-electron chi connectivity index (χ0n) is 12.2. The molecule has 0 heterocycles. The fourth-order valence-electron chi connectivity index (χ4n) is 1.69. The van der Waals surface area contributed by atoms with Gasteiger partial charge in [-0.2, -0.15) is 0 Å². The van der Waals surface area contributed by atoms with E-state index in [1.54, 1.807) is 7.11 Å². The van der Waals surface area contributed by atoms with Crippen molar-refractivity contribution in [3.8, 4) is 5.75 Å². The molecule has 2 N–H and O–H groups in total. The summed E-state index contributed by atoms with van der Waals surface area (Å²) in [6, 6.07) is 8.10. The van der Waals surface area contributed by atoms with Crippen LogP contribution in [0, 0.1) is 0 Å². The molecule has 0 radical (unpaired) electrons. The average molecular weight is 267 g/mol. The van der Waals surface area contributed by atoms with Crippen LogP contribution in [-0.2, 0) is 4.74 Å². The van der Waals surface area contributed by atoms with Crippen molar-refractivity contribution in [1.82, 2.24) is 5.32 Å². The fourth-order valence-corrected chi connectivity index (χ4v) is 1.69. The summed E-state index contributed by atoms with van der Waals surface area (Å²) in [7, 11) is 1.65. The van der Waals surface area contributed by atoms with E-state index in [0.29, 0.717) is 13.2 Å². The van der Waals surface area contributed by atoms with E-state index in [1.165, 1.54) is 0 Å². The molecule has 0 aliphatic carbocycles. The number of hydrogen-bond acceptors (Lipinski definition) is 4. The van der Waals surface area contributed by atoms with Crippen molar-refractivity contribution in [2.75, 3.05) is 20.3 Å². The number of aliphatic hydroxyl groups is 1. The topological polar surface area (TPSA) is 50.7 Å². The van der Waals surface area contributed by atoms with Crippen LogP contribution in [0.5, 0.6) is 5.75 Å². The van der Waals surface area contributed by atoms with Crippen molar-refractivity contribution in [1.29, 1.82) is 0 Å². The van der Waals surface area contributed by atoms with Crippen molar-refractivity contribution in [3.63, 3.8) is 0 Å². The summed E-state index contributed by atoms with van der Waals surface area (Å²) in [5, 5.41) is 13.1. The first kappa shape index (κ1) is 16.0. The molecule has 0 amide bonds. The quantitative estimate of drug-likeness (QED) is 0.757. The Morgan fingerprint density at radius 2 is 1.79 bits per heavy atom. The number of methoxy groups -OCH3 is 1. The Labute approximate surface area is 115 Å². The highest BCUT2D eigenvalue weighted by atomic mass is 16.5. The van der Waals surface area contributed by atoms with E-state index in [-0.39, 0.29) is 12.1 Å². The molecule has 19 heavy (non-hydrogen) atoms. The summed E-state index contributed by atoms with van der Waals surface area (Å²) in [5.41, 5.74) is 1.16. The van der Waals surface area contributed by atoms with E-state index >= 15 is 0 Å². The predicted octanol–water partition coefficient (Wildman–Crippen LogP) is 2.13. The lowest BCUT2D eigenvalue weighted by Crippen LogP contribution is -2.32. The molecule has 2 atom stereocenters. The molecule has 1 aromatic carbocycles. The van der Waals surface area contributed by atoms with Gasteiger partial charge in [-0.25, -0.2) is 0 Å². The van der Waals surface area contributed by atoms with Crippen LogP contribution in [0.15, 0.2) is 24.3 Å². The van der Waals surface area contributed by atoms with Gasteiger partial charge in [-0.15, -0.1) is 0 Å². The zero-order chi connectivity index (χ0) is 14.3. The minimum Gasteiger partial charge on any atom is -0.497 e. The van der Waals surface area contributed by atoms with Crippen LogP contribution in [0.4, 0.5) is 0 Å². The Morgan fingerprint density at radius 1 is 1.16 bits per heavy atom. The first-order valence-electron chi connectivity index (χ1n) is 6.70. The Morgan fingerprint density at radius 3 is 2.32 bits per heavy atom. The molecule has 0 fully saturated rings. The Bertz CT molecular complexity index is 351. The summed E-state index contributed by atoms with van der Waals surface area (Å²) in [5.74, 6) is 0.848. The SMILES string of the molecule is COc1ccc([C@@H](C)NCC(O)COC(C)C)cc1. The van der Waals surface area contributed by atoms with E-state index in [2.05, 4.69) is 12.2 Å². The van der Waals surface area contributed by atoms with E-state index in [1.807, 2.05) is 38.1 Å². The lowest BCUT2D eigenvalue weighted by atomic mass is 10.1. The molecule has 1 unspecified atom stereocenters. The summed E-state index contributed by atoms with van der Waals surface area (Å²) in [4.78, 5) is 0. The average Bonchev–Trinajstić information content (AvgIpc) is 2.42. The Kier molecular flexibility index (Phi) is 6.84. The van der Waals surface area contributed by atoms with Gasteiger partial charge in [0, 0.05) is 12.6 Å². The minimum atomic E-state index is -0.483. The lowest BCUT2D eigenvalue weighted by molar-refractivity contribution is 0.00560. The molecule has 0 bridgehead atoms. The van der Waals surface area contributed by atoms with Gasteiger partial charge in [0.2, 0.25) is 0 Å². The third kappa shape index (κ3) is 6.05. The van der Waals surface area contributed by atoms with E-state index < -0.39 is 6.10 Å². The molecule has 1 aromatic rings. The number of hydrogen-bond donors (Lipinski definition) is 2. The second-order valence-electron chi connectivity index (χ2n) is 4.94. The number of nitrogens with one attached hydrogen (secondary N) is 1. The molecule has 0 aliphatic rings. The molecule has 108 valence electrons. The normalized spacial score (nSPS) is 14.4. The molecular formula is C15H25NO3. The summed E-state index contributed by atoms with van der Waals surface area (Å²) in [6.07, 6.45) is -0.336. The third-order valence-corrected chi connectivity index (χ3v) is 2.90. The van der Waals surface area contributed by atoms with Crippen LogP contribution >= 0.6 is 0 Å². The van der Waals surface area contributed by atoms with E-state index in [9.17, 15) is 5.11 Å². The first-order valence-corrected chi connectivity index (χ1v) is 6.70. The van der Waals surface area contributed by atoms with Gasteiger partial charge < -0.3 is 19.9 Å². The first-order chi connectivity index (χ1) is 9.02. The number of aliphatic hydroxyl groups excluding tert-OH is 1. The third-order valence-electron chi connectivity index (χ3n) is 2.90. The van der Waals surface area contributed by atoms with Crippen molar-refractivity contribution in [2.45, 2.75) is 39.0 Å². The Hall–Kier alpha value is -1.10. The molecule has 0 aromatic heterocycles. The van der Waals surface area contributed by atoms with Gasteiger partial charge >= 0.3 is 0 Å². The van der Waals surface area contributed by atoms with Gasteiger partial charge in [-0.3, -0.25) is 0 Å². The molecule has 4 nitrogen and oxygen atoms in total. The van der Waals surface area contributed by atoms with Crippen LogP contribution in [0.25, 0.3) is 0 Å². The summed E-state index contributed by atoms with van der Waals surface area (Å²) in [6.45, 7) is 6.86. The van der Waals surface area contributed by atoms with Gasteiger partial charge in [0.25, 0.3) is 0 Å². The molecule has 1 rings (SSSR count). The molecular weight excluding hydrogens is 242 g/mol. The predicted molar refractivity (Wildman–Crippen MR) is 76.5 cm³/mol. The van der Waals surface area contributed by atoms with Gasteiger partial charge in [0.1, 0.15) is 5.75 Å². The standard InChI is InChI=1S/C15H25NO3/c1-11(2)19-10-14(17)9-16-12(3)13-5-7-15(18-4)8-6-13/h5-8,11-12,14,16-17H,9-10H2,1-4H3/t12-,14?/m1/s1. The highest BCUT2D eigenvalue weighted by molar-refractivity contribution is 5.28. The highest BCUT2D eigenvalue weighted by Gasteiger charge is 2.09. The smallest absolute Gasteiger partial charge is 0.118 e. The minimum absolute atomic E-state index is 0.147. The Balaban J connectivity index is 2.35. The lowest BCUT2D eigenvalue weighted by Gasteiger charge is -2.18.